The molecule has 2 heterocycles. The fraction of sp³-hybridized carbons (Fsp3) is 0.273. The molecule has 0 fully saturated rings. The van der Waals surface area contributed by atoms with Crippen LogP contribution in [0.15, 0.2) is 48.7 Å². The van der Waals surface area contributed by atoms with Crippen LogP contribution in [0.5, 0.6) is 5.75 Å². The maximum Gasteiger partial charge on any atom is 0.255 e. The molecule has 3 aromatic rings. The van der Waals surface area contributed by atoms with Gasteiger partial charge in [-0.1, -0.05) is 18.2 Å². The van der Waals surface area contributed by atoms with Gasteiger partial charge in [-0.05, 0) is 48.7 Å². The van der Waals surface area contributed by atoms with Crippen LogP contribution in [0, 0.1) is 0 Å². The minimum absolute atomic E-state index is 0.0815. The van der Waals surface area contributed by atoms with Crippen molar-refractivity contribution in [2.45, 2.75) is 25.9 Å². The van der Waals surface area contributed by atoms with Gasteiger partial charge in [-0.25, -0.2) is 0 Å². The van der Waals surface area contributed by atoms with Crippen molar-refractivity contribution in [2.24, 2.45) is 0 Å². The Morgan fingerprint density at radius 2 is 2.11 bits per heavy atom. The lowest BCUT2D eigenvalue weighted by atomic mass is 10.1. The van der Waals surface area contributed by atoms with Crippen LogP contribution in [0.1, 0.15) is 28.4 Å². The summed E-state index contributed by atoms with van der Waals surface area (Å²) >= 11 is 0. The summed E-state index contributed by atoms with van der Waals surface area (Å²) in [6.07, 6.45) is 2.65. The number of benzene rings is 2. The van der Waals surface area contributed by atoms with E-state index in [0.29, 0.717) is 25.1 Å². The van der Waals surface area contributed by atoms with E-state index < -0.39 is 6.04 Å². The number of hydrogen-bond donors (Lipinski definition) is 2. The minimum Gasteiger partial charge on any atom is -0.497 e. The molecule has 0 aliphatic carbocycles. The fourth-order valence-electron chi connectivity index (χ4n) is 3.69. The molecule has 0 saturated heterocycles. The van der Waals surface area contributed by atoms with Crippen LogP contribution in [-0.2, 0) is 17.8 Å². The van der Waals surface area contributed by atoms with E-state index >= 15 is 0 Å². The number of nitrogens with one attached hydrogen (secondary N) is 2. The Labute approximate surface area is 163 Å². The standard InChI is InChI=1S/C22H23N3O3/c1-14(25-13-16-5-3-4-6-18(16)22(25)27)21(26)23-10-9-15-12-24-20-8-7-17(28-2)11-19(15)20/h3-8,11-12,14,24H,9-10,13H2,1-2H3,(H,23,26)/t14-/m0/s1. The van der Waals surface area contributed by atoms with Crippen molar-refractivity contribution in [1.82, 2.24) is 15.2 Å². The van der Waals surface area contributed by atoms with Gasteiger partial charge in [0.25, 0.3) is 5.91 Å². The van der Waals surface area contributed by atoms with Crippen LogP contribution >= 0.6 is 0 Å². The van der Waals surface area contributed by atoms with Crippen molar-refractivity contribution in [1.29, 1.82) is 0 Å². The number of carbonyl (C=O) groups is 2. The minimum atomic E-state index is -0.511. The molecule has 0 unspecified atom stereocenters. The van der Waals surface area contributed by atoms with E-state index in [9.17, 15) is 9.59 Å². The predicted octanol–water partition coefficient (Wildman–Crippen LogP) is 2.88. The lowest BCUT2D eigenvalue weighted by Crippen LogP contribution is -2.45. The number of H-pyrrole nitrogens is 1. The van der Waals surface area contributed by atoms with Gasteiger partial charge in [0.1, 0.15) is 11.8 Å². The molecule has 0 spiro atoms. The number of aromatic nitrogens is 1. The Kier molecular flexibility index (Phi) is 4.77. The van der Waals surface area contributed by atoms with Crippen LogP contribution in [0.3, 0.4) is 0 Å². The number of rotatable bonds is 6. The molecular formula is C22H23N3O3. The van der Waals surface area contributed by atoms with Gasteiger partial charge >= 0.3 is 0 Å². The van der Waals surface area contributed by atoms with Crippen LogP contribution in [0.25, 0.3) is 10.9 Å². The molecule has 1 aliphatic heterocycles. The van der Waals surface area contributed by atoms with Crippen molar-refractivity contribution in [3.05, 3.63) is 65.4 Å². The molecule has 2 aromatic carbocycles. The summed E-state index contributed by atoms with van der Waals surface area (Å²) in [6, 6.07) is 12.9. The number of aromatic amines is 1. The molecule has 1 aliphatic rings. The normalized spacial score (nSPS) is 14.2. The third-order valence-corrected chi connectivity index (χ3v) is 5.36. The van der Waals surface area contributed by atoms with E-state index in [4.69, 9.17) is 4.74 Å². The maximum atomic E-state index is 12.6. The van der Waals surface area contributed by atoms with Crippen molar-refractivity contribution >= 4 is 22.7 Å². The molecule has 4 rings (SSSR count). The predicted molar refractivity (Wildman–Crippen MR) is 107 cm³/mol. The number of hydrogen-bond acceptors (Lipinski definition) is 3. The number of carbonyl (C=O) groups excluding carboxylic acids is 2. The lowest BCUT2D eigenvalue weighted by molar-refractivity contribution is -0.125. The van der Waals surface area contributed by atoms with Crippen molar-refractivity contribution in [3.63, 3.8) is 0 Å². The van der Waals surface area contributed by atoms with Crippen LogP contribution in [-0.4, -0.2) is 41.4 Å². The third kappa shape index (κ3) is 3.22. The van der Waals surface area contributed by atoms with E-state index in [0.717, 1.165) is 27.8 Å². The van der Waals surface area contributed by atoms with E-state index in [1.165, 1.54) is 0 Å². The Balaban J connectivity index is 1.37. The monoisotopic (exact) mass is 377 g/mol. The summed E-state index contributed by atoms with van der Waals surface area (Å²) < 4.78 is 5.29. The van der Waals surface area contributed by atoms with E-state index in [2.05, 4.69) is 10.3 Å². The topological polar surface area (TPSA) is 74.4 Å². The van der Waals surface area contributed by atoms with Crippen molar-refractivity contribution in [2.75, 3.05) is 13.7 Å². The second-order valence-corrected chi connectivity index (χ2v) is 7.03. The van der Waals surface area contributed by atoms with Crippen molar-refractivity contribution in [3.8, 4) is 5.75 Å². The zero-order chi connectivity index (χ0) is 19.7. The first-order valence-electron chi connectivity index (χ1n) is 9.39. The highest BCUT2D eigenvalue weighted by Crippen LogP contribution is 2.25. The van der Waals surface area contributed by atoms with E-state index in [1.807, 2.05) is 48.7 Å². The van der Waals surface area contributed by atoms with Crippen LogP contribution < -0.4 is 10.1 Å². The molecule has 28 heavy (non-hydrogen) atoms. The molecule has 1 atom stereocenters. The Bertz CT molecular complexity index is 1040. The van der Waals surface area contributed by atoms with Gasteiger partial charge in [0.15, 0.2) is 0 Å². The van der Waals surface area contributed by atoms with Crippen LogP contribution in [0.2, 0.25) is 0 Å². The Hall–Kier alpha value is -3.28. The van der Waals surface area contributed by atoms with E-state index in [1.54, 1.807) is 18.9 Å². The molecule has 0 saturated carbocycles. The highest BCUT2D eigenvalue weighted by molar-refractivity contribution is 6.01. The number of ether oxygens (including phenoxy) is 1. The highest BCUT2D eigenvalue weighted by atomic mass is 16.5. The summed E-state index contributed by atoms with van der Waals surface area (Å²) in [5.74, 6) is 0.582. The third-order valence-electron chi connectivity index (χ3n) is 5.36. The fourth-order valence-corrected chi connectivity index (χ4v) is 3.69. The average molecular weight is 377 g/mol. The molecular weight excluding hydrogens is 354 g/mol. The van der Waals surface area contributed by atoms with Gasteiger partial charge in [-0.2, -0.15) is 0 Å². The maximum absolute atomic E-state index is 12.6. The summed E-state index contributed by atoms with van der Waals surface area (Å²) in [7, 11) is 1.65. The Morgan fingerprint density at radius 1 is 1.29 bits per heavy atom. The second kappa shape index (κ2) is 7.38. The summed E-state index contributed by atoms with van der Waals surface area (Å²) in [6.45, 7) is 2.75. The first-order valence-corrected chi connectivity index (χ1v) is 9.39. The van der Waals surface area contributed by atoms with E-state index in [-0.39, 0.29) is 11.8 Å². The largest absolute Gasteiger partial charge is 0.497 e. The average Bonchev–Trinajstić information content (AvgIpc) is 3.28. The van der Waals surface area contributed by atoms with Gasteiger partial charge in [0, 0.05) is 35.8 Å². The molecule has 2 N–H and O–H groups in total. The van der Waals surface area contributed by atoms with Gasteiger partial charge in [-0.3, -0.25) is 9.59 Å². The smallest absolute Gasteiger partial charge is 0.255 e. The van der Waals surface area contributed by atoms with Gasteiger partial charge in [0.2, 0.25) is 5.91 Å². The molecule has 1 aromatic heterocycles. The molecule has 0 bridgehead atoms. The lowest BCUT2D eigenvalue weighted by Gasteiger charge is -2.23. The summed E-state index contributed by atoms with van der Waals surface area (Å²) in [4.78, 5) is 30.0. The molecule has 144 valence electrons. The second-order valence-electron chi connectivity index (χ2n) is 7.03. The number of amides is 2. The molecule has 2 amide bonds. The zero-order valence-corrected chi connectivity index (χ0v) is 16.0. The highest BCUT2D eigenvalue weighted by Gasteiger charge is 2.33. The summed E-state index contributed by atoms with van der Waals surface area (Å²) in [5, 5.41) is 4.05. The van der Waals surface area contributed by atoms with Gasteiger partial charge in [-0.15, -0.1) is 0 Å². The van der Waals surface area contributed by atoms with Crippen molar-refractivity contribution < 1.29 is 14.3 Å². The molecule has 6 heteroatoms. The molecule has 6 nitrogen and oxygen atoms in total. The summed E-state index contributed by atoms with van der Waals surface area (Å²) in [5.41, 5.74) is 3.82. The number of methoxy groups -OCH3 is 1. The quantitative estimate of drug-likeness (QED) is 0.694. The van der Waals surface area contributed by atoms with Gasteiger partial charge < -0.3 is 19.9 Å². The van der Waals surface area contributed by atoms with Crippen LogP contribution in [0.4, 0.5) is 0 Å². The zero-order valence-electron chi connectivity index (χ0n) is 16.0. The molecule has 0 radical (unpaired) electrons. The first kappa shape index (κ1) is 18.1. The van der Waals surface area contributed by atoms with Gasteiger partial charge in [0.05, 0.1) is 7.11 Å². The Morgan fingerprint density at radius 3 is 2.89 bits per heavy atom. The first-order chi connectivity index (χ1) is 13.6. The SMILES string of the molecule is COc1ccc2[nH]cc(CCNC(=O)[C@H](C)N3Cc4ccccc4C3=O)c2c1. The number of fused-ring (bicyclic) bond motifs is 2. The number of nitrogens with zero attached hydrogens (tertiary/aromatic N) is 1.